The van der Waals surface area contributed by atoms with Gasteiger partial charge >= 0.3 is 5.97 Å². The van der Waals surface area contributed by atoms with Crippen LogP contribution in [0.3, 0.4) is 0 Å². The maximum atomic E-state index is 12.9. The molecule has 0 bridgehead atoms. The first-order valence-corrected chi connectivity index (χ1v) is 4.48. The summed E-state index contributed by atoms with van der Waals surface area (Å²) in [6.07, 6.45) is 2.38. The monoisotopic (exact) mass is 218 g/mol. The van der Waals surface area contributed by atoms with E-state index >= 15 is 0 Å². The Morgan fingerprint density at radius 1 is 1.25 bits per heavy atom. The summed E-state index contributed by atoms with van der Waals surface area (Å²) in [5.41, 5.74) is 0.511. The quantitative estimate of drug-likeness (QED) is 0.837. The first-order valence-electron chi connectivity index (χ1n) is 4.48. The van der Waals surface area contributed by atoms with Crippen LogP contribution in [-0.4, -0.2) is 21.0 Å². The van der Waals surface area contributed by atoms with Crippen LogP contribution in [0.2, 0.25) is 0 Å². The molecule has 1 aromatic carbocycles. The van der Waals surface area contributed by atoms with E-state index in [2.05, 4.69) is 9.97 Å². The Labute approximate surface area is 90.4 Å². The molecule has 2 rings (SSSR count). The smallest absolute Gasteiger partial charge is 0.338 e. The van der Waals surface area contributed by atoms with Crippen LogP contribution in [-0.2, 0) is 0 Å². The van der Waals surface area contributed by atoms with Gasteiger partial charge in [-0.05, 0) is 12.1 Å². The first-order chi connectivity index (χ1) is 7.66. The van der Waals surface area contributed by atoms with E-state index in [1.165, 1.54) is 24.5 Å². The average Bonchev–Trinajstić information content (AvgIpc) is 2.29. The van der Waals surface area contributed by atoms with Crippen molar-refractivity contribution in [2.45, 2.75) is 0 Å². The minimum absolute atomic E-state index is 0.000142. The molecule has 0 atom stereocenters. The summed E-state index contributed by atoms with van der Waals surface area (Å²) in [5.74, 6) is -1.18. The van der Waals surface area contributed by atoms with E-state index in [9.17, 15) is 9.18 Å². The van der Waals surface area contributed by atoms with Gasteiger partial charge in [0.2, 0.25) is 0 Å². The summed E-state index contributed by atoms with van der Waals surface area (Å²) in [4.78, 5) is 18.3. The molecular formula is C11H7FN2O2. The Bertz CT molecular complexity index is 526. The van der Waals surface area contributed by atoms with Gasteiger partial charge in [-0.15, -0.1) is 0 Å². The lowest BCUT2D eigenvalue weighted by Crippen LogP contribution is -1.99. The Morgan fingerprint density at radius 2 is 1.94 bits per heavy atom. The molecule has 0 spiro atoms. The summed E-state index contributed by atoms with van der Waals surface area (Å²) in [6, 6.07) is 5.79. The van der Waals surface area contributed by atoms with E-state index in [1.54, 1.807) is 12.1 Å². The molecule has 0 aliphatic rings. The lowest BCUT2D eigenvalue weighted by atomic mass is 10.2. The van der Waals surface area contributed by atoms with E-state index in [-0.39, 0.29) is 11.4 Å². The van der Waals surface area contributed by atoms with E-state index in [0.717, 1.165) is 0 Å². The third-order valence-corrected chi connectivity index (χ3v) is 1.98. The van der Waals surface area contributed by atoms with Gasteiger partial charge < -0.3 is 5.11 Å². The fraction of sp³-hybridized carbons (Fsp3) is 0. The van der Waals surface area contributed by atoms with Crippen LogP contribution >= 0.6 is 0 Å². The largest absolute Gasteiger partial charge is 0.478 e. The van der Waals surface area contributed by atoms with Crippen molar-refractivity contribution in [1.82, 2.24) is 9.97 Å². The van der Waals surface area contributed by atoms with Crippen LogP contribution in [0.15, 0.2) is 36.7 Å². The van der Waals surface area contributed by atoms with Crippen LogP contribution in [0.1, 0.15) is 10.4 Å². The predicted molar refractivity (Wildman–Crippen MR) is 54.4 cm³/mol. The lowest BCUT2D eigenvalue weighted by Gasteiger charge is -2.00. The third-order valence-electron chi connectivity index (χ3n) is 1.98. The van der Waals surface area contributed by atoms with Crippen molar-refractivity contribution in [2.24, 2.45) is 0 Å². The fourth-order valence-corrected chi connectivity index (χ4v) is 1.22. The lowest BCUT2D eigenvalue weighted by molar-refractivity contribution is 0.0696. The summed E-state index contributed by atoms with van der Waals surface area (Å²) in [7, 11) is 0. The van der Waals surface area contributed by atoms with Crippen LogP contribution < -0.4 is 0 Å². The highest BCUT2D eigenvalue weighted by Crippen LogP contribution is 2.15. The molecule has 4 nitrogen and oxygen atoms in total. The molecule has 1 N–H and O–H groups in total. The molecule has 0 unspecified atom stereocenters. The number of benzene rings is 1. The van der Waals surface area contributed by atoms with E-state index in [4.69, 9.17) is 5.11 Å². The number of carboxylic acids is 1. The summed E-state index contributed by atoms with van der Waals surface area (Å²) in [6.45, 7) is 0. The molecule has 1 heterocycles. The van der Waals surface area contributed by atoms with Crippen molar-refractivity contribution in [3.8, 4) is 11.4 Å². The highest BCUT2D eigenvalue weighted by Gasteiger charge is 2.06. The van der Waals surface area contributed by atoms with Crippen molar-refractivity contribution in [2.75, 3.05) is 0 Å². The standard InChI is InChI=1S/C11H7FN2O2/c12-9-3-1-2-7(4-9)10-13-5-8(6-14-10)11(15)16/h1-6H,(H,15,16). The van der Waals surface area contributed by atoms with Gasteiger partial charge in [0.1, 0.15) is 5.82 Å². The second-order valence-corrected chi connectivity index (χ2v) is 3.11. The van der Waals surface area contributed by atoms with Gasteiger partial charge in [0, 0.05) is 18.0 Å². The highest BCUT2D eigenvalue weighted by atomic mass is 19.1. The number of carboxylic acid groups (broad SMARTS) is 1. The SMILES string of the molecule is O=C(O)c1cnc(-c2cccc(F)c2)nc1. The number of carbonyl (C=O) groups is 1. The molecule has 5 heteroatoms. The minimum atomic E-state index is -1.09. The molecule has 1 aromatic heterocycles. The Morgan fingerprint density at radius 3 is 2.50 bits per heavy atom. The van der Waals surface area contributed by atoms with Crippen LogP contribution in [0.4, 0.5) is 4.39 Å². The Kier molecular flexibility index (Phi) is 2.59. The number of aromatic nitrogens is 2. The number of nitrogens with zero attached hydrogens (tertiary/aromatic N) is 2. The molecule has 0 radical (unpaired) electrons. The maximum absolute atomic E-state index is 12.9. The van der Waals surface area contributed by atoms with Crippen molar-refractivity contribution in [3.63, 3.8) is 0 Å². The van der Waals surface area contributed by atoms with Gasteiger partial charge in [0.15, 0.2) is 5.82 Å². The average molecular weight is 218 g/mol. The Balaban J connectivity index is 2.38. The van der Waals surface area contributed by atoms with Crippen LogP contribution in [0, 0.1) is 5.82 Å². The Hall–Kier alpha value is -2.30. The van der Waals surface area contributed by atoms with Gasteiger partial charge in [0.05, 0.1) is 5.56 Å². The number of rotatable bonds is 2. The van der Waals surface area contributed by atoms with Crippen LogP contribution in [0.25, 0.3) is 11.4 Å². The molecular weight excluding hydrogens is 211 g/mol. The summed E-state index contributed by atoms with van der Waals surface area (Å²) < 4.78 is 12.9. The van der Waals surface area contributed by atoms with E-state index in [0.29, 0.717) is 11.4 Å². The molecule has 0 saturated heterocycles. The molecule has 2 aromatic rings. The zero-order valence-corrected chi connectivity index (χ0v) is 8.09. The van der Waals surface area contributed by atoms with Gasteiger partial charge in [-0.25, -0.2) is 19.2 Å². The van der Waals surface area contributed by atoms with Gasteiger partial charge in [-0.1, -0.05) is 12.1 Å². The number of halogens is 1. The van der Waals surface area contributed by atoms with Gasteiger partial charge in [-0.3, -0.25) is 0 Å². The fourth-order valence-electron chi connectivity index (χ4n) is 1.22. The first kappa shape index (κ1) is 10.2. The molecule has 0 aliphatic heterocycles. The minimum Gasteiger partial charge on any atom is -0.478 e. The zero-order valence-electron chi connectivity index (χ0n) is 8.09. The second kappa shape index (κ2) is 4.06. The van der Waals surface area contributed by atoms with E-state index in [1.807, 2.05) is 0 Å². The van der Waals surface area contributed by atoms with Crippen molar-refractivity contribution >= 4 is 5.97 Å². The van der Waals surface area contributed by atoms with Crippen molar-refractivity contribution in [3.05, 3.63) is 48.0 Å². The van der Waals surface area contributed by atoms with Crippen molar-refractivity contribution < 1.29 is 14.3 Å². The van der Waals surface area contributed by atoms with Crippen LogP contribution in [0.5, 0.6) is 0 Å². The third kappa shape index (κ3) is 2.03. The molecule has 80 valence electrons. The number of hydrogen-bond donors (Lipinski definition) is 1. The predicted octanol–water partition coefficient (Wildman–Crippen LogP) is 1.98. The summed E-state index contributed by atoms with van der Waals surface area (Å²) >= 11 is 0. The normalized spacial score (nSPS) is 10.1. The summed E-state index contributed by atoms with van der Waals surface area (Å²) in [5, 5.41) is 8.65. The van der Waals surface area contributed by atoms with Gasteiger partial charge in [-0.2, -0.15) is 0 Å². The van der Waals surface area contributed by atoms with Gasteiger partial charge in [0.25, 0.3) is 0 Å². The van der Waals surface area contributed by atoms with Crippen molar-refractivity contribution in [1.29, 1.82) is 0 Å². The maximum Gasteiger partial charge on any atom is 0.338 e. The topological polar surface area (TPSA) is 63.1 Å². The second-order valence-electron chi connectivity index (χ2n) is 3.11. The zero-order chi connectivity index (χ0) is 11.5. The number of aromatic carboxylic acids is 1. The molecule has 16 heavy (non-hydrogen) atoms. The molecule has 0 aliphatic carbocycles. The molecule has 0 amide bonds. The molecule has 0 saturated carbocycles. The van der Waals surface area contributed by atoms with E-state index < -0.39 is 5.97 Å². The highest BCUT2D eigenvalue weighted by molar-refractivity contribution is 5.86. The number of hydrogen-bond acceptors (Lipinski definition) is 3. The molecule has 0 fully saturated rings.